The summed E-state index contributed by atoms with van der Waals surface area (Å²) in [7, 11) is 1.54. The molecule has 0 bridgehead atoms. The molecule has 3 aromatic carbocycles. The van der Waals surface area contributed by atoms with Gasteiger partial charge in [-0.05, 0) is 42.0 Å². The van der Waals surface area contributed by atoms with Crippen LogP contribution in [0.3, 0.4) is 0 Å². The van der Waals surface area contributed by atoms with Crippen LogP contribution in [0, 0.1) is 16.0 Å². The third-order valence-corrected chi connectivity index (χ3v) is 9.81. The van der Waals surface area contributed by atoms with E-state index in [1.807, 2.05) is 6.07 Å². The van der Waals surface area contributed by atoms with E-state index in [9.17, 15) is 29.3 Å². The molecule has 3 atom stereocenters. The third kappa shape index (κ3) is 4.76. The molecule has 42 heavy (non-hydrogen) atoms. The van der Waals surface area contributed by atoms with Crippen LogP contribution in [-0.2, 0) is 20.9 Å². The number of rotatable bonds is 7. The second kappa shape index (κ2) is 10.9. The Morgan fingerprint density at radius 1 is 0.976 bits per heavy atom. The van der Waals surface area contributed by atoms with E-state index in [2.05, 4.69) is 5.32 Å². The van der Waals surface area contributed by atoms with Gasteiger partial charge in [-0.3, -0.25) is 33.9 Å². The number of ether oxygens (including phenoxy) is 1. The van der Waals surface area contributed by atoms with Gasteiger partial charge in [0.1, 0.15) is 17.5 Å². The van der Waals surface area contributed by atoms with Crippen molar-refractivity contribution >= 4 is 57.9 Å². The number of thiazole rings is 1. The van der Waals surface area contributed by atoms with Gasteiger partial charge in [0.25, 0.3) is 5.69 Å². The van der Waals surface area contributed by atoms with E-state index in [1.165, 1.54) is 35.9 Å². The monoisotopic (exact) mass is 602 g/mol. The molecule has 4 aromatic rings. The van der Waals surface area contributed by atoms with E-state index in [1.54, 1.807) is 48.5 Å². The van der Waals surface area contributed by atoms with Crippen molar-refractivity contribution in [3.05, 3.63) is 109 Å². The largest absolute Gasteiger partial charge is 0.497 e. The lowest BCUT2D eigenvalue weighted by molar-refractivity contribution is -0.384. The van der Waals surface area contributed by atoms with Crippen LogP contribution >= 0.6 is 23.1 Å². The van der Waals surface area contributed by atoms with E-state index in [0.29, 0.717) is 26.9 Å². The zero-order valence-electron chi connectivity index (χ0n) is 22.0. The number of aromatic nitrogens is 1. The van der Waals surface area contributed by atoms with Crippen LogP contribution in [0.5, 0.6) is 5.75 Å². The van der Waals surface area contributed by atoms with Gasteiger partial charge in [0.05, 0.1) is 28.7 Å². The maximum atomic E-state index is 13.9. The number of nitrogens with one attached hydrogen (secondary N) is 1. The van der Waals surface area contributed by atoms with Gasteiger partial charge < -0.3 is 10.1 Å². The summed E-state index contributed by atoms with van der Waals surface area (Å²) in [5.74, 6) is -2.26. The molecule has 0 unspecified atom stereocenters. The Kier molecular flexibility index (Phi) is 7.12. The maximum absolute atomic E-state index is 13.9. The highest BCUT2D eigenvalue weighted by atomic mass is 32.2. The molecule has 0 saturated carbocycles. The summed E-state index contributed by atoms with van der Waals surface area (Å²) in [6.07, 6.45) is 0. The molecule has 0 spiro atoms. The lowest BCUT2D eigenvalue weighted by Gasteiger charge is -2.30. The van der Waals surface area contributed by atoms with Crippen molar-refractivity contribution in [1.82, 2.24) is 4.57 Å². The van der Waals surface area contributed by atoms with Crippen molar-refractivity contribution in [3.8, 4) is 5.75 Å². The van der Waals surface area contributed by atoms with Crippen LogP contribution < -0.4 is 19.8 Å². The minimum absolute atomic E-state index is 0.166. The molecule has 11 nitrogen and oxygen atoms in total. The molecule has 2 aliphatic rings. The number of para-hydroxylation sites is 1. The van der Waals surface area contributed by atoms with Gasteiger partial charge in [0.15, 0.2) is 0 Å². The molecule has 13 heteroatoms. The number of amides is 3. The minimum atomic E-state index is -0.885. The Balaban J connectivity index is 1.41. The average molecular weight is 603 g/mol. The SMILES string of the molecule is COc1ccc([C@@H]2c3sc(=O)n(CC(=O)Nc4ccccc4)c3S[C@H]3C(=O)N(c4ccc([N+](=O)[O-])cc4)C(=O)[C@@H]23)cc1. The molecule has 3 amide bonds. The highest BCUT2D eigenvalue weighted by Crippen LogP contribution is 2.54. The Hall–Kier alpha value is -4.75. The number of fused-ring (bicyclic) bond motifs is 2. The third-order valence-electron chi connectivity index (χ3n) is 7.20. The van der Waals surface area contributed by atoms with Crippen molar-refractivity contribution in [2.75, 3.05) is 17.3 Å². The van der Waals surface area contributed by atoms with Crippen LogP contribution in [0.25, 0.3) is 0 Å². The van der Waals surface area contributed by atoms with Gasteiger partial charge >= 0.3 is 4.87 Å². The van der Waals surface area contributed by atoms with Gasteiger partial charge in [-0.15, -0.1) is 0 Å². The molecule has 212 valence electrons. The van der Waals surface area contributed by atoms with Crippen molar-refractivity contribution in [1.29, 1.82) is 0 Å². The van der Waals surface area contributed by atoms with E-state index in [4.69, 9.17) is 4.74 Å². The lowest BCUT2D eigenvalue weighted by atomic mass is 9.83. The fraction of sp³-hybridized carbons (Fsp3) is 0.172. The Morgan fingerprint density at radius 3 is 2.31 bits per heavy atom. The zero-order valence-corrected chi connectivity index (χ0v) is 23.6. The summed E-state index contributed by atoms with van der Waals surface area (Å²) in [5, 5.41) is 13.5. The molecule has 3 heterocycles. The van der Waals surface area contributed by atoms with Crippen molar-refractivity contribution in [3.63, 3.8) is 0 Å². The number of thioether (sulfide) groups is 1. The van der Waals surface area contributed by atoms with Crippen molar-refractivity contribution in [2.24, 2.45) is 5.92 Å². The molecule has 1 fully saturated rings. The molecule has 0 radical (unpaired) electrons. The molecular weight excluding hydrogens is 580 g/mol. The predicted molar refractivity (Wildman–Crippen MR) is 157 cm³/mol. The number of methoxy groups -OCH3 is 1. The molecular formula is C29H22N4O7S2. The number of nitro benzene ring substituents is 1. The van der Waals surface area contributed by atoms with Gasteiger partial charge in [-0.2, -0.15) is 0 Å². The quantitative estimate of drug-likeness (QED) is 0.188. The molecule has 2 aliphatic heterocycles. The minimum Gasteiger partial charge on any atom is -0.497 e. The number of hydrogen-bond donors (Lipinski definition) is 1. The van der Waals surface area contributed by atoms with Crippen molar-refractivity contribution in [2.45, 2.75) is 22.7 Å². The fourth-order valence-electron chi connectivity index (χ4n) is 5.27. The van der Waals surface area contributed by atoms with Crippen LogP contribution in [-0.4, -0.2) is 39.6 Å². The molecule has 0 aliphatic carbocycles. The normalized spacial score (nSPS) is 19.3. The summed E-state index contributed by atoms with van der Waals surface area (Å²) >= 11 is 2.05. The number of carbonyl (C=O) groups is 3. The topological polar surface area (TPSA) is 141 Å². The van der Waals surface area contributed by atoms with Gasteiger partial charge in [-0.1, -0.05) is 53.4 Å². The highest BCUT2D eigenvalue weighted by molar-refractivity contribution is 8.00. The van der Waals surface area contributed by atoms with Gasteiger partial charge in [-0.25, -0.2) is 4.90 Å². The Bertz CT molecular complexity index is 1770. The Morgan fingerprint density at radius 2 is 1.67 bits per heavy atom. The van der Waals surface area contributed by atoms with Gasteiger partial charge in [0.2, 0.25) is 17.7 Å². The smallest absolute Gasteiger partial charge is 0.308 e. The maximum Gasteiger partial charge on any atom is 0.308 e. The first kappa shape index (κ1) is 27.4. The van der Waals surface area contributed by atoms with Crippen LogP contribution in [0.15, 0.2) is 88.7 Å². The number of benzene rings is 3. The average Bonchev–Trinajstić information content (AvgIpc) is 3.43. The van der Waals surface area contributed by atoms with E-state index in [0.717, 1.165) is 28.0 Å². The van der Waals surface area contributed by atoms with Gasteiger partial charge in [0, 0.05) is 28.6 Å². The van der Waals surface area contributed by atoms with E-state index < -0.39 is 39.7 Å². The first-order valence-electron chi connectivity index (χ1n) is 12.8. The number of anilines is 2. The van der Waals surface area contributed by atoms with Crippen LogP contribution in [0.2, 0.25) is 0 Å². The van der Waals surface area contributed by atoms with Crippen LogP contribution in [0.4, 0.5) is 17.1 Å². The molecule has 1 N–H and O–H groups in total. The summed E-state index contributed by atoms with van der Waals surface area (Å²) in [6.45, 7) is -0.270. The molecule has 1 saturated heterocycles. The number of non-ortho nitro benzene ring substituents is 1. The summed E-state index contributed by atoms with van der Waals surface area (Å²) in [6, 6.07) is 21.2. The summed E-state index contributed by atoms with van der Waals surface area (Å²) < 4.78 is 6.64. The fourth-order valence-corrected chi connectivity index (χ4v) is 8.04. The lowest BCUT2D eigenvalue weighted by Crippen LogP contribution is -2.33. The Labute approximate surface area is 246 Å². The predicted octanol–water partition coefficient (Wildman–Crippen LogP) is 4.26. The second-order valence-corrected chi connectivity index (χ2v) is 11.8. The van der Waals surface area contributed by atoms with E-state index >= 15 is 0 Å². The zero-order chi connectivity index (χ0) is 29.5. The standard InChI is InChI=1S/C29H22N4O7S2/c1-40-20-13-7-16(8-14-20)22-23-24(27(36)32(26(23)35)18-9-11-19(12-10-18)33(38)39)41-28-25(22)42-29(37)31(28)15-21(34)30-17-5-3-2-4-6-17/h2-14,22-24H,15H2,1H3,(H,30,34)/t22-,23-,24+/m0/s1. The van der Waals surface area contributed by atoms with E-state index in [-0.39, 0.29) is 22.8 Å². The van der Waals surface area contributed by atoms with Crippen molar-refractivity contribution < 1.29 is 24.0 Å². The number of hydrogen-bond acceptors (Lipinski definition) is 9. The highest BCUT2D eigenvalue weighted by Gasteiger charge is 2.56. The summed E-state index contributed by atoms with van der Waals surface area (Å²) in [4.78, 5) is 65.8. The number of imide groups is 1. The number of carbonyl (C=O) groups excluding carboxylic acids is 3. The van der Waals surface area contributed by atoms with Crippen LogP contribution in [0.1, 0.15) is 16.4 Å². The number of nitro groups is 1. The molecule has 1 aromatic heterocycles. The molecule has 6 rings (SSSR count). The number of nitrogens with zero attached hydrogens (tertiary/aromatic N) is 3. The first-order chi connectivity index (χ1) is 20.3. The first-order valence-corrected chi connectivity index (χ1v) is 14.5. The summed E-state index contributed by atoms with van der Waals surface area (Å²) in [5.41, 5.74) is 1.35. The second-order valence-electron chi connectivity index (χ2n) is 9.64.